The smallest absolute Gasteiger partial charge is 0.186 e. The summed E-state index contributed by atoms with van der Waals surface area (Å²) in [7, 11) is 2.24. The molecular weight excluding hydrogens is 230 g/mol. The van der Waals surface area contributed by atoms with Crippen molar-refractivity contribution in [3.8, 4) is 0 Å². The second-order valence-electron chi connectivity index (χ2n) is 5.10. The van der Waals surface area contributed by atoms with E-state index in [0.717, 1.165) is 18.1 Å². The molecule has 88 valence electrons. The number of benzene rings is 1. The van der Waals surface area contributed by atoms with Gasteiger partial charge in [-0.05, 0) is 25.6 Å². The first-order valence-electron chi connectivity index (χ1n) is 6.14. The predicted molar refractivity (Wildman–Crippen MR) is 71.8 cm³/mol. The van der Waals surface area contributed by atoms with E-state index in [4.69, 9.17) is 4.98 Å². The fourth-order valence-corrected chi connectivity index (χ4v) is 4.13. The lowest BCUT2D eigenvalue weighted by Crippen LogP contribution is -2.44. The van der Waals surface area contributed by atoms with Gasteiger partial charge in [0.2, 0.25) is 0 Å². The molecule has 0 N–H and O–H groups in total. The van der Waals surface area contributed by atoms with Gasteiger partial charge in [-0.2, -0.15) is 0 Å². The number of hydrogen-bond acceptors (Lipinski definition) is 4. The minimum Gasteiger partial charge on any atom is -0.342 e. The summed E-state index contributed by atoms with van der Waals surface area (Å²) in [5, 5.41) is 1.21. The van der Waals surface area contributed by atoms with Gasteiger partial charge in [0.15, 0.2) is 5.13 Å². The Bertz CT molecular complexity index is 530. The molecule has 2 aromatic rings. The van der Waals surface area contributed by atoms with Crippen molar-refractivity contribution in [2.24, 2.45) is 0 Å². The summed E-state index contributed by atoms with van der Waals surface area (Å²) in [5.41, 5.74) is 1.14. The Labute approximate surface area is 105 Å². The number of hydrogen-bond donors (Lipinski definition) is 0. The average Bonchev–Trinajstić information content (AvgIpc) is 2.99. The molecule has 0 aliphatic carbocycles. The number of piperazine rings is 1. The lowest BCUT2D eigenvalue weighted by atomic mass is 10.2. The Morgan fingerprint density at radius 3 is 2.82 bits per heavy atom. The van der Waals surface area contributed by atoms with Crippen molar-refractivity contribution in [2.75, 3.05) is 25.0 Å². The number of para-hydroxylation sites is 1. The van der Waals surface area contributed by atoms with E-state index in [1.807, 2.05) is 11.3 Å². The molecule has 1 aromatic heterocycles. The molecule has 1 aromatic carbocycles. The van der Waals surface area contributed by atoms with Crippen LogP contribution < -0.4 is 4.90 Å². The Balaban J connectivity index is 1.71. The number of thiazole rings is 1. The van der Waals surface area contributed by atoms with Crippen molar-refractivity contribution in [2.45, 2.75) is 18.5 Å². The third-order valence-electron chi connectivity index (χ3n) is 4.04. The van der Waals surface area contributed by atoms with Crippen LogP contribution in [-0.4, -0.2) is 42.1 Å². The Kier molecular flexibility index (Phi) is 1.99. The first kappa shape index (κ1) is 9.85. The Morgan fingerprint density at radius 1 is 1.24 bits per heavy atom. The fraction of sp³-hybridized carbons (Fsp3) is 0.462. The molecule has 2 fully saturated rings. The van der Waals surface area contributed by atoms with E-state index in [9.17, 15) is 0 Å². The molecule has 4 rings (SSSR count). The molecular formula is C13H15N3S. The quantitative estimate of drug-likeness (QED) is 0.767. The molecule has 0 saturated carbocycles. The fourth-order valence-electron chi connectivity index (χ4n) is 3.08. The van der Waals surface area contributed by atoms with E-state index in [1.165, 1.54) is 22.8 Å². The van der Waals surface area contributed by atoms with Gasteiger partial charge >= 0.3 is 0 Å². The second kappa shape index (κ2) is 3.43. The van der Waals surface area contributed by atoms with Crippen LogP contribution in [0.2, 0.25) is 0 Å². The normalized spacial score (nSPS) is 28.4. The van der Waals surface area contributed by atoms with Crippen molar-refractivity contribution < 1.29 is 0 Å². The van der Waals surface area contributed by atoms with E-state index in [-0.39, 0.29) is 0 Å². The highest BCUT2D eigenvalue weighted by Gasteiger charge is 2.42. The average molecular weight is 245 g/mol. The molecule has 2 bridgehead atoms. The minimum atomic E-state index is 0.686. The molecule has 0 amide bonds. The zero-order valence-electron chi connectivity index (χ0n) is 9.84. The van der Waals surface area contributed by atoms with E-state index in [0.29, 0.717) is 6.04 Å². The second-order valence-corrected chi connectivity index (χ2v) is 6.11. The van der Waals surface area contributed by atoms with Crippen LogP contribution in [-0.2, 0) is 0 Å². The van der Waals surface area contributed by atoms with Crippen LogP contribution in [0.25, 0.3) is 10.2 Å². The molecule has 3 heterocycles. The number of nitrogens with zero attached hydrogens (tertiary/aromatic N) is 3. The molecule has 4 heteroatoms. The lowest BCUT2D eigenvalue weighted by Gasteiger charge is -2.31. The monoisotopic (exact) mass is 245 g/mol. The van der Waals surface area contributed by atoms with E-state index in [1.54, 1.807) is 0 Å². The molecule has 3 nitrogen and oxygen atoms in total. The van der Waals surface area contributed by atoms with Crippen LogP contribution >= 0.6 is 11.3 Å². The van der Waals surface area contributed by atoms with Gasteiger partial charge in [0.05, 0.1) is 10.2 Å². The van der Waals surface area contributed by atoms with Gasteiger partial charge < -0.3 is 4.90 Å². The summed E-state index contributed by atoms with van der Waals surface area (Å²) in [5.74, 6) is 0. The predicted octanol–water partition coefficient (Wildman–Crippen LogP) is 2.19. The summed E-state index contributed by atoms with van der Waals surface area (Å²) in [6.07, 6.45) is 1.31. The molecule has 2 saturated heterocycles. The number of likely N-dealkylation sites (tertiary alicyclic amines) is 1. The van der Waals surface area contributed by atoms with Gasteiger partial charge in [0.1, 0.15) is 0 Å². The molecule has 2 aliphatic rings. The van der Waals surface area contributed by atoms with E-state index >= 15 is 0 Å². The van der Waals surface area contributed by atoms with Gasteiger partial charge in [0.25, 0.3) is 0 Å². The molecule has 2 atom stereocenters. The number of rotatable bonds is 1. The first-order chi connectivity index (χ1) is 8.31. The summed E-state index contributed by atoms with van der Waals surface area (Å²) in [6.45, 7) is 2.35. The van der Waals surface area contributed by atoms with Crippen LogP contribution in [0.1, 0.15) is 6.42 Å². The lowest BCUT2D eigenvalue weighted by molar-refractivity contribution is 0.292. The summed E-state index contributed by atoms with van der Waals surface area (Å²) in [6, 6.07) is 9.86. The summed E-state index contributed by atoms with van der Waals surface area (Å²) in [4.78, 5) is 9.75. The number of fused-ring (bicyclic) bond motifs is 3. The van der Waals surface area contributed by atoms with Crippen LogP contribution in [0.3, 0.4) is 0 Å². The highest BCUT2D eigenvalue weighted by Crippen LogP contribution is 2.37. The Hall–Kier alpha value is -1.13. The highest BCUT2D eigenvalue weighted by molar-refractivity contribution is 7.22. The SMILES string of the molecule is CN1C[C@@H]2C[C@H]1CN2c1nc2ccccc2s1. The van der Waals surface area contributed by atoms with Gasteiger partial charge in [-0.15, -0.1) is 0 Å². The van der Waals surface area contributed by atoms with Gasteiger partial charge in [-0.1, -0.05) is 23.5 Å². The van der Waals surface area contributed by atoms with Crippen LogP contribution in [0, 0.1) is 0 Å². The largest absolute Gasteiger partial charge is 0.342 e. The standard InChI is InChI=1S/C13H15N3S/c1-15-7-10-6-9(15)8-16(10)13-14-11-4-2-3-5-12(11)17-13/h2-5,9-10H,6-8H2,1H3/t9-,10-/m0/s1. The van der Waals surface area contributed by atoms with Crippen LogP contribution in [0.4, 0.5) is 5.13 Å². The third kappa shape index (κ3) is 1.40. The number of likely N-dealkylation sites (N-methyl/N-ethyl adjacent to an activating group) is 1. The van der Waals surface area contributed by atoms with E-state index in [2.05, 4.69) is 41.1 Å². The maximum Gasteiger partial charge on any atom is 0.186 e. The highest BCUT2D eigenvalue weighted by atomic mass is 32.1. The third-order valence-corrected chi connectivity index (χ3v) is 5.12. The van der Waals surface area contributed by atoms with Crippen molar-refractivity contribution in [3.05, 3.63) is 24.3 Å². The molecule has 0 radical (unpaired) electrons. The summed E-state index contributed by atoms with van der Waals surface area (Å²) < 4.78 is 1.30. The zero-order chi connectivity index (χ0) is 11.4. The maximum absolute atomic E-state index is 4.76. The van der Waals surface area contributed by atoms with E-state index < -0.39 is 0 Å². The zero-order valence-corrected chi connectivity index (χ0v) is 10.7. The van der Waals surface area contributed by atoms with Gasteiger partial charge in [0, 0.05) is 25.2 Å². The summed E-state index contributed by atoms with van der Waals surface area (Å²) >= 11 is 1.83. The molecule has 17 heavy (non-hydrogen) atoms. The minimum absolute atomic E-state index is 0.686. The first-order valence-corrected chi connectivity index (χ1v) is 6.95. The number of anilines is 1. The van der Waals surface area contributed by atoms with Crippen LogP contribution in [0.5, 0.6) is 0 Å². The topological polar surface area (TPSA) is 19.4 Å². The van der Waals surface area contributed by atoms with Crippen molar-refractivity contribution >= 4 is 26.7 Å². The van der Waals surface area contributed by atoms with Crippen molar-refractivity contribution in [1.82, 2.24) is 9.88 Å². The van der Waals surface area contributed by atoms with Gasteiger partial charge in [-0.25, -0.2) is 4.98 Å². The maximum atomic E-state index is 4.76. The van der Waals surface area contributed by atoms with Crippen molar-refractivity contribution in [3.63, 3.8) is 0 Å². The Morgan fingerprint density at radius 2 is 2.12 bits per heavy atom. The van der Waals surface area contributed by atoms with Crippen LogP contribution in [0.15, 0.2) is 24.3 Å². The van der Waals surface area contributed by atoms with Crippen molar-refractivity contribution in [1.29, 1.82) is 0 Å². The van der Waals surface area contributed by atoms with Gasteiger partial charge in [-0.3, -0.25) is 4.90 Å². The number of aromatic nitrogens is 1. The molecule has 2 aliphatic heterocycles. The molecule has 0 spiro atoms. The molecule has 0 unspecified atom stereocenters.